The average Bonchev–Trinajstić information content (AvgIpc) is 3.05. The topological polar surface area (TPSA) is 48.4 Å². The number of fused-ring (bicyclic) bond motifs is 5. The Hall–Kier alpha value is -1.84. The number of carbonyl (C=O) groups is 1. The molecule has 2 saturated carbocycles. The van der Waals surface area contributed by atoms with Gasteiger partial charge in [0, 0.05) is 12.6 Å². The van der Waals surface area contributed by atoms with E-state index in [1.165, 1.54) is 43.2 Å². The lowest BCUT2D eigenvalue weighted by molar-refractivity contribution is -0.144. The molecular formula is C27H37NO3. The summed E-state index contributed by atoms with van der Waals surface area (Å²) in [7, 11) is 0. The summed E-state index contributed by atoms with van der Waals surface area (Å²) < 4.78 is 11.4. The monoisotopic (exact) mass is 423 g/mol. The van der Waals surface area contributed by atoms with E-state index in [4.69, 9.17) is 9.47 Å². The van der Waals surface area contributed by atoms with Gasteiger partial charge in [-0.3, -0.25) is 9.78 Å². The number of carbonyl (C=O) groups excluding carboxylic acids is 1. The number of rotatable bonds is 4. The second-order valence-corrected chi connectivity index (χ2v) is 10.9. The zero-order valence-corrected chi connectivity index (χ0v) is 19.4. The number of pyridine rings is 1. The molecule has 0 spiro atoms. The predicted octanol–water partition coefficient (Wildman–Crippen LogP) is 6.06. The van der Waals surface area contributed by atoms with Crippen molar-refractivity contribution in [2.75, 3.05) is 13.2 Å². The van der Waals surface area contributed by atoms with E-state index in [2.05, 4.69) is 37.9 Å². The highest BCUT2D eigenvalue weighted by Crippen LogP contribution is 2.66. The van der Waals surface area contributed by atoms with Crippen LogP contribution < -0.4 is 4.74 Å². The third-order valence-electron chi connectivity index (χ3n) is 9.46. The Morgan fingerprint density at radius 2 is 2.03 bits per heavy atom. The lowest BCUT2D eigenvalue weighted by Gasteiger charge is -2.58. The highest BCUT2D eigenvalue weighted by molar-refractivity contribution is 5.73. The summed E-state index contributed by atoms with van der Waals surface area (Å²) in [4.78, 5) is 16.5. The number of hydrogen-bond acceptors (Lipinski definition) is 4. The normalized spacial score (nSPS) is 39.5. The van der Waals surface area contributed by atoms with Crippen molar-refractivity contribution in [3.05, 3.63) is 30.1 Å². The first-order valence-electron chi connectivity index (χ1n) is 12.4. The van der Waals surface area contributed by atoms with Gasteiger partial charge in [0.1, 0.15) is 5.75 Å². The van der Waals surface area contributed by atoms with Crippen molar-refractivity contribution < 1.29 is 14.3 Å². The van der Waals surface area contributed by atoms with Crippen LogP contribution in [-0.4, -0.2) is 24.2 Å². The lowest BCUT2D eigenvalue weighted by Crippen LogP contribution is -2.51. The molecule has 4 nitrogen and oxygen atoms in total. The van der Waals surface area contributed by atoms with Gasteiger partial charge in [0.2, 0.25) is 0 Å². The van der Waals surface area contributed by atoms with Gasteiger partial charge < -0.3 is 9.47 Å². The van der Waals surface area contributed by atoms with E-state index in [-0.39, 0.29) is 16.8 Å². The molecule has 1 aliphatic heterocycles. The van der Waals surface area contributed by atoms with E-state index >= 15 is 0 Å². The average molecular weight is 424 g/mol. The molecule has 1 saturated heterocycles. The van der Waals surface area contributed by atoms with Gasteiger partial charge in [-0.05, 0) is 96.7 Å². The SMILES string of the molecule is CCCOc1cncc(C2=CC[C@H]3C4CCC5COC(=O)CCC5(C)C4CCC23C)c1. The third kappa shape index (κ3) is 3.41. The Kier molecular flexibility index (Phi) is 5.38. The summed E-state index contributed by atoms with van der Waals surface area (Å²) in [6.07, 6.45) is 15.1. The highest BCUT2D eigenvalue weighted by atomic mass is 16.5. The summed E-state index contributed by atoms with van der Waals surface area (Å²) >= 11 is 0. The Balaban J connectivity index is 1.40. The van der Waals surface area contributed by atoms with Crippen LogP contribution in [0, 0.1) is 34.5 Å². The molecule has 6 atom stereocenters. The number of ether oxygens (including phenoxy) is 2. The molecule has 3 fully saturated rings. The first kappa shape index (κ1) is 21.0. The number of nitrogens with zero attached hydrogens (tertiary/aromatic N) is 1. The number of cyclic esters (lactones) is 1. The van der Waals surface area contributed by atoms with E-state index in [0.717, 1.165) is 31.1 Å². The van der Waals surface area contributed by atoms with Crippen molar-refractivity contribution in [1.29, 1.82) is 0 Å². The van der Waals surface area contributed by atoms with Crippen LogP contribution in [0.2, 0.25) is 0 Å². The number of hydrogen-bond donors (Lipinski definition) is 0. The number of esters is 1. The molecule has 31 heavy (non-hydrogen) atoms. The molecule has 0 bridgehead atoms. The van der Waals surface area contributed by atoms with Gasteiger partial charge in [0.05, 0.1) is 19.4 Å². The van der Waals surface area contributed by atoms with Crippen molar-refractivity contribution in [2.24, 2.45) is 34.5 Å². The van der Waals surface area contributed by atoms with Crippen LogP contribution in [0.25, 0.3) is 5.57 Å². The van der Waals surface area contributed by atoms with Gasteiger partial charge in [-0.25, -0.2) is 0 Å². The second kappa shape index (κ2) is 7.94. The lowest BCUT2D eigenvalue weighted by atomic mass is 9.46. The Bertz CT molecular complexity index is 879. The van der Waals surface area contributed by atoms with Crippen molar-refractivity contribution >= 4 is 11.5 Å². The first-order chi connectivity index (χ1) is 15.0. The fourth-order valence-corrected chi connectivity index (χ4v) is 7.72. The Morgan fingerprint density at radius 1 is 1.16 bits per heavy atom. The molecule has 0 radical (unpaired) electrons. The second-order valence-electron chi connectivity index (χ2n) is 10.9. The van der Waals surface area contributed by atoms with E-state index in [0.29, 0.717) is 30.8 Å². The zero-order chi connectivity index (χ0) is 21.6. The molecule has 0 N–H and O–H groups in total. The summed E-state index contributed by atoms with van der Waals surface area (Å²) in [5.41, 5.74) is 3.18. The van der Waals surface area contributed by atoms with Gasteiger partial charge in [-0.2, -0.15) is 0 Å². The van der Waals surface area contributed by atoms with Crippen LogP contribution in [0.1, 0.15) is 77.7 Å². The molecule has 0 amide bonds. The minimum absolute atomic E-state index is 0.00955. The summed E-state index contributed by atoms with van der Waals surface area (Å²) in [5.74, 6) is 3.58. The molecule has 4 aliphatic rings. The van der Waals surface area contributed by atoms with Crippen molar-refractivity contribution in [2.45, 2.75) is 72.1 Å². The third-order valence-corrected chi connectivity index (χ3v) is 9.46. The summed E-state index contributed by atoms with van der Waals surface area (Å²) in [6.45, 7) is 8.48. The van der Waals surface area contributed by atoms with Crippen molar-refractivity contribution in [3.63, 3.8) is 0 Å². The minimum Gasteiger partial charge on any atom is -0.492 e. The Morgan fingerprint density at radius 3 is 2.87 bits per heavy atom. The number of allylic oxidation sites excluding steroid dienone is 2. The molecule has 168 valence electrons. The Labute approximate surface area is 186 Å². The molecule has 2 heterocycles. The van der Waals surface area contributed by atoms with E-state index < -0.39 is 0 Å². The molecule has 5 unspecified atom stereocenters. The number of aromatic nitrogens is 1. The fourth-order valence-electron chi connectivity index (χ4n) is 7.72. The quantitative estimate of drug-likeness (QED) is 0.552. The van der Waals surface area contributed by atoms with Gasteiger partial charge in [0.15, 0.2) is 0 Å². The van der Waals surface area contributed by atoms with Gasteiger partial charge in [-0.15, -0.1) is 0 Å². The van der Waals surface area contributed by atoms with Gasteiger partial charge in [0.25, 0.3) is 0 Å². The summed E-state index contributed by atoms with van der Waals surface area (Å²) in [5, 5.41) is 0. The fraction of sp³-hybridized carbons (Fsp3) is 0.704. The van der Waals surface area contributed by atoms with Crippen molar-refractivity contribution in [3.8, 4) is 5.75 Å². The van der Waals surface area contributed by atoms with Crippen molar-refractivity contribution in [1.82, 2.24) is 4.98 Å². The molecule has 3 aliphatic carbocycles. The molecular weight excluding hydrogens is 386 g/mol. The smallest absolute Gasteiger partial charge is 0.305 e. The first-order valence-corrected chi connectivity index (χ1v) is 12.4. The maximum Gasteiger partial charge on any atom is 0.305 e. The van der Waals surface area contributed by atoms with E-state index in [9.17, 15) is 4.79 Å². The molecule has 4 heteroatoms. The maximum absolute atomic E-state index is 12.0. The molecule has 0 aromatic carbocycles. The van der Waals surface area contributed by atoms with Crippen LogP contribution in [0.4, 0.5) is 0 Å². The molecule has 1 aromatic heterocycles. The zero-order valence-electron chi connectivity index (χ0n) is 19.4. The maximum atomic E-state index is 12.0. The van der Waals surface area contributed by atoms with Crippen LogP contribution >= 0.6 is 0 Å². The van der Waals surface area contributed by atoms with Crippen LogP contribution in [-0.2, 0) is 9.53 Å². The molecule has 5 rings (SSSR count). The van der Waals surface area contributed by atoms with Gasteiger partial charge in [-0.1, -0.05) is 26.8 Å². The minimum atomic E-state index is 0.00955. The van der Waals surface area contributed by atoms with E-state index in [1.807, 2.05) is 12.4 Å². The predicted molar refractivity (Wildman–Crippen MR) is 121 cm³/mol. The largest absolute Gasteiger partial charge is 0.492 e. The van der Waals surface area contributed by atoms with Crippen LogP contribution in [0.3, 0.4) is 0 Å². The molecule has 1 aromatic rings. The summed E-state index contributed by atoms with van der Waals surface area (Å²) in [6, 6.07) is 2.20. The highest BCUT2D eigenvalue weighted by Gasteiger charge is 2.58. The van der Waals surface area contributed by atoms with Crippen LogP contribution in [0.5, 0.6) is 5.75 Å². The van der Waals surface area contributed by atoms with Crippen LogP contribution in [0.15, 0.2) is 24.5 Å². The van der Waals surface area contributed by atoms with E-state index in [1.54, 1.807) is 0 Å². The standard InChI is InChI=1S/C27H37NO3/c1-4-13-30-20-14-18(15-28-16-20)22-7-8-23-21-6-5-19-17-31-25(29)10-12-26(19,2)24(21)9-11-27(22,23)3/h7,14-16,19,21,23-24H,4-6,8-13,17H2,1-3H3/t19?,21?,23-,24?,26?,27?/m0/s1. The van der Waals surface area contributed by atoms with Gasteiger partial charge >= 0.3 is 5.97 Å².